The number of carbonyl (C=O) groups is 2. The lowest BCUT2D eigenvalue weighted by Crippen LogP contribution is -2.43. The van der Waals surface area contributed by atoms with E-state index in [1.165, 1.54) is 5.56 Å². The van der Waals surface area contributed by atoms with Gasteiger partial charge in [-0.3, -0.25) is 4.79 Å². The van der Waals surface area contributed by atoms with E-state index in [4.69, 9.17) is 9.47 Å². The van der Waals surface area contributed by atoms with Crippen molar-refractivity contribution in [2.45, 2.75) is 25.8 Å². The molecule has 0 saturated carbocycles. The maximum Gasteiger partial charge on any atom is 0.328 e. The Morgan fingerprint density at radius 2 is 1.59 bits per heavy atom. The van der Waals surface area contributed by atoms with Crippen LogP contribution in [0.3, 0.4) is 0 Å². The van der Waals surface area contributed by atoms with Crippen LogP contribution < -0.4 is 10.1 Å². The van der Waals surface area contributed by atoms with Gasteiger partial charge in [0, 0.05) is 18.4 Å². The summed E-state index contributed by atoms with van der Waals surface area (Å²) in [6.07, 6.45) is 1.14. The van der Waals surface area contributed by atoms with Gasteiger partial charge in [-0.25, -0.2) is 4.79 Å². The molecule has 32 heavy (non-hydrogen) atoms. The zero-order chi connectivity index (χ0) is 22.8. The van der Waals surface area contributed by atoms with Crippen LogP contribution >= 0.6 is 15.9 Å². The highest BCUT2D eigenvalue weighted by Gasteiger charge is 2.23. The Hall–Kier alpha value is -3.12. The maximum absolute atomic E-state index is 12.8. The van der Waals surface area contributed by atoms with Crippen molar-refractivity contribution in [2.24, 2.45) is 0 Å². The Bertz CT molecular complexity index is 1020. The fraction of sp³-hybridized carbons (Fsp3) is 0.231. The molecule has 1 N–H and O–H groups in total. The van der Waals surface area contributed by atoms with Gasteiger partial charge in [-0.1, -0.05) is 60.7 Å². The second-order valence-electron chi connectivity index (χ2n) is 7.20. The average molecular weight is 496 g/mol. The molecule has 0 aromatic heterocycles. The fourth-order valence-corrected chi connectivity index (χ4v) is 3.70. The summed E-state index contributed by atoms with van der Waals surface area (Å²) in [6.45, 7) is 2.52. The molecule has 0 aliphatic rings. The number of benzene rings is 3. The highest BCUT2D eigenvalue weighted by atomic mass is 79.9. The van der Waals surface area contributed by atoms with Crippen LogP contribution in [-0.4, -0.2) is 31.1 Å². The number of amides is 1. The minimum Gasteiger partial charge on any atom is -0.492 e. The van der Waals surface area contributed by atoms with Crippen molar-refractivity contribution in [2.75, 3.05) is 13.2 Å². The lowest BCUT2D eigenvalue weighted by Gasteiger charge is -2.18. The predicted molar refractivity (Wildman–Crippen MR) is 128 cm³/mol. The SMILES string of the molecule is CCOC(=O)C(Cc1ccccc1)NC(=O)c1ccc(OCCc2ccccc2)c(Br)c1. The monoisotopic (exact) mass is 495 g/mol. The number of hydrogen-bond donors (Lipinski definition) is 1. The van der Waals surface area contributed by atoms with E-state index >= 15 is 0 Å². The van der Waals surface area contributed by atoms with E-state index < -0.39 is 12.0 Å². The number of rotatable bonds is 10. The van der Waals surface area contributed by atoms with Crippen LogP contribution in [0, 0.1) is 0 Å². The quantitative estimate of drug-likeness (QED) is 0.403. The van der Waals surface area contributed by atoms with Gasteiger partial charge >= 0.3 is 5.97 Å². The largest absolute Gasteiger partial charge is 0.492 e. The van der Waals surface area contributed by atoms with Crippen molar-refractivity contribution in [1.82, 2.24) is 5.32 Å². The standard InChI is InChI=1S/C26H26BrNO4/c1-2-31-26(30)23(17-20-11-7-4-8-12-20)28-25(29)21-13-14-24(22(27)18-21)32-16-15-19-9-5-3-6-10-19/h3-14,18,23H,2,15-17H2,1H3,(H,28,29). The molecule has 0 radical (unpaired) electrons. The molecule has 0 aliphatic carbocycles. The van der Waals surface area contributed by atoms with E-state index in [1.54, 1.807) is 25.1 Å². The van der Waals surface area contributed by atoms with Gasteiger partial charge in [-0.15, -0.1) is 0 Å². The van der Waals surface area contributed by atoms with Gasteiger partial charge in [0.2, 0.25) is 0 Å². The third-order valence-electron chi connectivity index (χ3n) is 4.84. The van der Waals surface area contributed by atoms with Gasteiger partial charge < -0.3 is 14.8 Å². The van der Waals surface area contributed by atoms with Crippen molar-refractivity contribution in [3.8, 4) is 5.75 Å². The number of nitrogens with one attached hydrogen (secondary N) is 1. The number of ether oxygens (including phenoxy) is 2. The Morgan fingerprint density at radius 3 is 2.22 bits per heavy atom. The van der Waals surface area contributed by atoms with Crippen molar-refractivity contribution >= 4 is 27.8 Å². The molecule has 0 fully saturated rings. The summed E-state index contributed by atoms with van der Waals surface area (Å²) < 4.78 is 11.7. The minimum atomic E-state index is -0.773. The Kier molecular flexibility index (Phi) is 8.87. The van der Waals surface area contributed by atoms with Gasteiger partial charge in [0.25, 0.3) is 5.91 Å². The second kappa shape index (κ2) is 12.1. The van der Waals surface area contributed by atoms with Gasteiger partial charge in [-0.05, 0) is 52.2 Å². The molecule has 0 spiro atoms. The first-order valence-corrected chi connectivity index (χ1v) is 11.3. The van der Waals surface area contributed by atoms with E-state index in [1.807, 2.05) is 48.5 Å². The van der Waals surface area contributed by atoms with Gasteiger partial charge in [0.05, 0.1) is 17.7 Å². The molecule has 3 aromatic carbocycles. The second-order valence-corrected chi connectivity index (χ2v) is 8.05. The van der Waals surface area contributed by atoms with Crippen LogP contribution in [0.25, 0.3) is 0 Å². The number of halogens is 1. The molecule has 5 nitrogen and oxygen atoms in total. The van der Waals surface area contributed by atoms with E-state index in [0.717, 1.165) is 12.0 Å². The first kappa shape index (κ1) is 23.5. The van der Waals surface area contributed by atoms with Crippen LogP contribution in [0.15, 0.2) is 83.3 Å². The molecule has 3 aromatic rings. The van der Waals surface area contributed by atoms with Crippen LogP contribution in [0.5, 0.6) is 5.75 Å². The van der Waals surface area contributed by atoms with E-state index in [-0.39, 0.29) is 12.5 Å². The van der Waals surface area contributed by atoms with Gasteiger partial charge in [0.1, 0.15) is 11.8 Å². The first-order valence-electron chi connectivity index (χ1n) is 10.5. The summed E-state index contributed by atoms with van der Waals surface area (Å²) in [4.78, 5) is 25.2. The zero-order valence-corrected chi connectivity index (χ0v) is 19.5. The average Bonchev–Trinajstić information content (AvgIpc) is 2.81. The van der Waals surface area contributed by atoms with Crippen molar-refractivity contribution < 1.29 is 19.1 Å². The maximum atomic E-state index is 12.8. The van der Waals surface area contributed by atoms with Gasteiger partial charge in [0.15, 0.2) is 0 Å². The molecule has 1 amide bonds. The van der Waals surface area contributed by atoms with Crippen LogP contribution in [0.1, 0.15) is 28.4 Å². The topological polar surface area (TPSA) is 64.6 Å². The number of esters is 1. The Labute approximate surface area is 196 Å². The highest BCUT2D eigenvalue weighted by molar-refractivity contribution is 9.10. The Balaban J connectivity index is 1.63. The summed E-state index contributed by atoms with van der Waals surface area (Å²) >= 11 is 3.48. The molecule has 3 rings (SSSR count). The first-order chi connectivity index (χ1) is 15.6. The zero-order valence-electron chi connectivity index (χ0n) is 17.9. The molecule has 6 heteroatoms. The summed E-state index contributed by atoms with van der Waals surface area (Å²) in [6, 6.07) is 24.0. The lowest BCUT2D eigenvalue weighted by molar-refractivity contribution is -0.145. The highest BCUT2D eigenvalue weighted by Crippen LogP contribution is 2.26. The van der Waals surface area contributed by atoms with Crippen LogP contribution in [0.4, 0.5) is 0 Å². The van der Waals surface area contributed by atoms with Crippen LogP contribution in [-0.2, 0) is 22.4 Å². The Morgan fingerprint density at radius 1 is 0.938 bits per heavy atom. The van der Waals surface area contributed by atoms with Crippen molar-refractivity contribution in [3.05, 3.63) is 100 Å². The molecule has 0 aliphatic heterocycles. The number of hydrogen-bond acceptors (Lipinski definition) is 4. The lowest BCUT2D eigenvalue weighted by atomic mass is 10.1. The van der Waals surface area contributed by atoms with E-state index in [2.05, 4.69) is 33.4 Å². The molecular weight excluding hydrogens is 470 g/mol. The summed E-state index contributed by atoms with van der Waals surface area (Å²) in [7, 11) is 0. The molecular formula is C26H26BrNO4. The third kappa shape index (κ3) is 6.95. The molecule has 0 heterocycles. The molecule has 1 atom stereocenters. The summed E-state index contributed by atoms with van der Waals surface area (Å²) in [5, 5.41) is 2.80. The van der Waals surface area contributed by atoms with E-state index in [0.29, 0.717) is 28.8 Å². The van der Waals surface area contributed by atoms with E-state index in [9.17, 15) is 9.59 Å². The smallest absolute Gasteiger partial charge is 0.328 e. The molecule has 166 valence electrons. The van der Waals surface area contributed by atoms with Crippen LogP contribution in [0.2, 0.25) is 0 Å². The summed E-state index contributed by atoms with van der Waals surface area (Å²) in [5.74, 6) is -0.149. The number of carbonyl (C=O) groups excluding carboxylic acids is 2. The summed E-state index contributed by atoms with van der Waals surface area (Å²) in [5.41, 5.74) is 2.56. The minimum absolute atomic E-state index is 0.251. The van der Waals surface area contributed by atoms with Gasteiger partial charge in [-0.2, -0.15) is 0 Å². The third-order valence-corrected chi connectivity index (χ3v) is 5.46. The molecule has 0 saturated heterocycles. The fourth-order valence-electron chi connectivity index (χ4n) is 3.21. The normalized spacial score (nSPS) is 11.4. The molecule has 0 bridgehead atoms. The van der Waals surface area contributed by atoms with Crippen molar-refractivity contribution in [3.63, 3.8) is 0 Å². The molecule has 1 unspecified atom stereocenters. The predicted octanol–water partition coefficient (Wildman–Crippen LogP) is 4.97. The van der Waals surface area contributed by atoms with Crippen molar-refractivity contribution in [1.29, 1.82) is 0 Å².